The fourth-order valence-corrected chi connectivity index (χ4v) is 8.07. The number of fused-ring (bicyclic) bond motifs is 12. The fraction of sp³-hybridized carbons (Fsp3) is 0. The van der Waals surface area contributed by atoms with Gasteiger partial charge in [-0.3, -0.25) is 0 Å². The molecule has 0 aliphatic rings. The van der Waals surface area contributed by atoms with Gasteiger partial charge in [0.25, 0.3) is 0 Å². The third kappa shape index (κ3) is 3.39. The maximum atomic E-state index is 10.9. The van der Waals surface area contributed by atoms with Gasteiger partial charge in [0.2, 0.25) is 0 Å². The molecule has 0 N–H and O–H groups in total. The topological polar surface area (TPSA) is 83.7 Å². The Balaban J connectivity index is 1.33. The molecule has 0 saturated carbocycles. The summed E-state index contributed by atoms with van der Waals surface area (Å²) in [5.41, 5.74) is 8.91. The number of benzene rings is 7. The molecule has 6 nitrogen and oxygen atoms in total. The Kier molecular flexibility index (Phi) is 5.16. The van der Waals surface area contributed by atoms with Gasteiger partial charge in [-0.05, 0) is 48.5 Å². The molecule has 0 spiro atoms. The summed E-state index contributed by atoms with van der Waals surface area (Å²) in [5.74, 6) is 0. The van der Waals surface area contributed by atoms with Crippen molar-refractivity contribution in [3.8, 4) is 23.5 Å². The minimum atomic E-state index is 0.299. The maximum Gasteiger partial charge on any atom is 0.137 e. The molecule has 230 valence electrons. The van der Waals surface area contributed by atoms with Crippen molar-refractivity contribution in [2.75, 3.05) is 0 Å². The summed E-state index contributed by atoms with van der Waals surface area (Å²) < 4.78 is 17.1. The van der Waals surface area contributed by atoms with E-state index in [-0.39, 0.29) is 0 Å². The quantitative estimate of drug-likeness (QED) is 0.189. The largest absolute Gasteiger partial charge is 0.456 e. The highest BCUT2D eigenvalue weighted by Gasteiger charge is 2.25. The normalized spacial score (nSPS) is 12.0. The summed E-state index contributed by atoms with van der Waals surface area (Å²) in [6.07, 6.45) is 0. The number of rotatable bonds is 2. The molecule has 11 rings (SSSR count). The summed E-state index contributed by atoms with van der Waals surface area (Å²) in [6.45, 7) is 0. The van der Waals surface area contributed by atoms with Crippen LogP contribution in [0.5, 0.6) is 0 Å². The average molecular weight is 639 g/mol. The molecule has 4 heterocycles. The first kappa shape index (κ1) is 26.8. The predicted molar refractivity (Wildman–Crippen MR) is 199 cm³/mol. The Morgan fingerprint density at radius 2 is 0.900 bits per heavy atom. The van der Waals surface area contributed by atoms with Crippen molar-refractivity contribution in [3.05, 3.63) is 145 Å². The van der Waals surface area contributed by atoms with E-state index in [0.717, 1.165) is 93.2 Å². The lowest BCUT2D eigenvalue weighted by Crippen LogP contribution is -2.07. The Morgan fingerprint density at radius 3 is 1.46 bits per heavy atom. The predicted octanol–water partition coefficient (Wildman–Crippen LogP) is 11.4. The van der Waals surface area contributed by atoms with Gasteiger partial charge in [0.15, 0.2) is 0 Å². The highest BCUT2D eigenvalue weighted by Crippen LogP contribution is 2.43. The van der Waals surface area contributed by atoms with E-state index in [1.165, 1.54) is 0 Å². The first-order valence-electron chi connectivity index (χ1n) is 16.4. The minimum absolute atomic E-state index is 0.299. The molecule has 0 atom stereocenters. The minimum Gasteiger partial charge on any atom is -0.456 e. The maximum absolute atomic E-state index is 10.9. The summed E-state index contributed by atoms with van der Waals surface area (Å²) in [7, 11) is 0. The van der Waals surface area contributed by atoms with E-state index in [0.29, 0.717) is 16.8 Å². The number of para-hydroxylation sites is 4. The van der Waals surface area contributed by atoms with Gasteiger partial charge in [0, 0.05) is 55.2 Å². The summed E-state index contributed by atoms with van der Waals surface area (Å²) in [4.78, 5) is 0. The fourth-order valence-electron chi connectivity index (χ4n) is 8.07. The number of nitriles is 2. The highest BCUT2D eigenvalue weighted by atomic mass is 16.3. The van der Waals surface area contributed by atoms with Gasteiger partial charge in [-0.1, -0.05) is 72.8 Å². The van der Waals surface area contributed by atoms with Crippen LogP contribution < -0.4 is 0 Å². The lowest BCUT2D eigenvalue weighted by atomic mass is 10.0. The van der Waals surface area contributed by atoms with Gasteiger partial charge in [-0.15, -0.1) is 0 Å². The van der Waals surface area contributed by atoms with Crippen LogP contribution in [-0.2, 0) is 0 Å². The van der Waals surface area contributed by atoms with E-state index < -0.39 is 0 Å². The summed E-state index contributed by atoms with van der Waals surface area (Å²) in [5, 5.41) is 29.6. The Hall–Kier alpha value is -7.28. The molecular formula is C44H22N4O2. The van der Waals surface area contributed by atoms with Crippen molar-refractivity contribution >= 4 is 87.5 Å². The van der Waals surface area contributed by atoms with Crippen LogP contribution in [0.2, 0.25) is 0 Å². The molecule has 0 saturated heterocycles. The Labute approximate surface area is 283 Å². The molecule has 0 aliphatic heterocycles. The third-order valence-corrected chi connectivity index (χ3v) is 10.2. The van der Waals surface area contributed by atoms with Gasteiger partial charge in [0.1, 0.15) is 34.5 Å². The van der Waals surface area contributed by atoms with Crippen LogP contribution in [0, 0.1) is 22.7 Å². The van der Waals surface area contributed by atoms with Gasteiger partial charge >= 0.3 is 0 Å². The molecule has 50 heavy (non-hydrogen) atoms. The first-order valence-corrected chi connectivity index (χ1v) is 16.4. The summed E-state index contributed by atoms with van der Waals surface area (Å²) in [6, 6.07) is 49.7. The van der Waals surface area contributed by atoms with Gasteiger partial charge in [0.05, 0.1) is 44.6 Å². The number of nitrogens with zero attached hydrogens (tertiary/aromatic N) is 4. The second-order valence-electron chi connectivity index (χ2n) is 12.7. The average Bonchev–Trinajstić information content (AvgIpc) is 3.89. The molecular weight excluding hydrogens is 617 g/mol. The lowest BCUT2D eigenvalue weighted by Gasteiger charge is -2.18. The van der Waals surface area contributed by atoms with Crippen molar-refractivity contribution in [2.45, 2.75) is 0 Å². The van der Waals surface area contributed by atoms with E-state index in [2.05, 4.69) is 88.0 Å². The van der Waals surface area contributed by atoms with E-state index in [9.17, 15) is 10.5 Å². The standard InChI is InChI=1S/C44H22N4O2/c45-23-25-17-18-37(47-35-13-5-1-9-26(35)30-19-32-28-11-3-7-15-40(28)49-42(32)21-38(30)47)44(34(25)24-46)48-36-14-6-2-10-27(36)31-20-33-29-12-4-8-16-41(29)50-43(33)22-39(31)48/h1-22H. The highest BCUT2D eigenvalue weighted by molar-refractivity contribution is 6.19. The second-order valence-corrected chi connectivity index (χ2v) is 12.7. The molecule has 7 aromatic carbocycles. The van der Waals surface area contributed by atoms with Crippen molar-refractivity contribution in [1.82, 2.24) is 9.13 Å². The van der Waals surface area contributed by atoms with Crippen molar-refractivity contribution < 1.29 is 8.83 Å². The van der Waals surface area contributed by atoms with Crippen LogP contribution in [0.4, 0.5) is 0 Å². The molecule has 0 fully saturated rings. The van der Waals surface area contributed by atoms with Crippen LogP contribution in [0.25, 0.3) is 98.9 Å². The Bertz CT molecular complexity index is 3360. The zero-order valence-corrected chi connectivity index (χ0v) is 26.3. The molecule has 11 aromatic rings. The smallest absolute Gasteiger partial charge is 0.137 e. The van der Waals surface area contributed by atoms with Gasteiger partial charge in [-0.25, -0.2) is 0 Å². The zero-order valence-electron chi connectivity index (χ0n) is 26.3. The number of hydrogen-bond acceptors (Lipinski definition) is 4. The molecule has 0 radical (unpaired) electrons. The van der Waals surface area contributed by atoms with Crippen molar-refractivity contribution in [2.24, 2.45) is 0 Å². The Morgan fingerprint density at radius 1 is 0.400 bits per heavy atom. The SMILES string of the molecule is N#Cc1ccc(-n2c3ccccc3c3cc4c(cc32)oc2ccccc24)c(-n2c3ccccc3c3cc4c(cc32)oc2ccccc24)c1C#N. The number of furan rings is 2. The van der Waals surface area contributed by atoms with E-state index in [1.54, 1.807) is 6.07 Å². The molecule has 6 heteroatoms. The van der Waals surface area contributed by atoms with E-state index in [1.807, 2.05) is 60.7 Å². The zero-order chi connectivity index (χ0) is 33.1. The van der Waals surface area contributed by atoms with Crippen molar-refractivity contribution in [3.63, 3.8) is 0 Å². The monoisotopic (exact) mass is 638 g/mol. The second kappa shape index (κ2) is 9.64. The van der Waals surface area contributed by atoms with Crippen LogP contribution in [0.3, 0.4) is 0 Å². The summed E-state index contributed by atoms with van der Waals surface area (Å²) >= 11 is 0. The van der Waals surface area contributed by atoms with Crippen LogP contribution >= 0.6 is 0 Å². The number of aromatic nitrogens is 2. The van der Waals surface area contributed by atoms with Crippen LogP contribution in [-0.4, -0.2) is 9.13 Å². The van der Waals surface area contributed by atoms with Gasteiger partial charge in [-0.2, -0.15) is 10.5 Å². The van der Waals surface area contributed by atoms with E-state index in [4.69, 9.17) is 8.83 Å². The molecule has 0 unspecified atom stereocenters. The number of hydrogen-bond donors (Lipinski definition) is 0. The third-order valence-electron chi connectivity index (χ3n) is 10.2. The van der Waals surface area contributed by atoms with Crippen LogP contribution in [0.1, 0.15) is 11.1 Å². The van der Waals surface area contributed by atoms with Crippen LogP contribution in [0.15, 0.2) is 142 Å². The molecule has 0 amide bonds. The lowest BCUT2D eigenvalue weighted by molar-refractivity contribution is 0.669. The molecule has 4 aromatic heterocycles. The molecule has 0 bridgehead atoms. The van der Waals surface area contributed by atoms with E-state index >= 15 is 0 Å². The van der Waals surface area contributed by atoms with Crippen molar-refractivity contribution in [1.29, 1.82) is 10.5 Å². The van der Waals surface area contributed by atoms with Gasteiger partial charge < -0.3 is 18.0 Å². The molecule has 0 aliphatic carbocycles. The first-order chi connectivity index (χ1) is 24.7.